The second-order valence-electron chi connectivity index (χ2n) is 7.48. The molecule has 0 radical (unpaired) electrons. The molecule has 1 aromatic carbocycles. The zero-order chi connectivity index (χ0) is 18.0. The Morgan fingerprint density at radius 3 is 2.69 bits per heavy atom. The first-order valence-electron chi connectivity index (χ1n) is 9.44. The van der Waals surface area contributed by atoms with Crippen LogP contribution < -0.4 is 5.32 Å². The van der Waals surface area contributed by atoms with Crippen LogP contribution in [0, 0.1) is 11.2 Å². The Balaban J connectivity index is 1.29. The minimum atomic E-state index is -0.234. The van der Waals surface area contributed by atoms with Crippen molar-refractivity contribution in [1.82, 2.24) is 20.0 Å². The predicted octanol–water partition coefficient (Wildman–Crippen LogP) is 3.01. The van der Waals surface area contributed by atoms with Crippen LogP contribution in [0.1, 0.15) is 31.4 Å². The Morgan fingerprint density at radius 2 is 2.04 bits per heavy atom. The zero-order valence-corrected chi connectivity index (χ0v) is 15.3. The number of guanidine groups is 1. The molecule has 0 amide bonds. The molecule has 4 rings (SSSR count). The van der Waals surface area contributed by atoms with Gasteiger partial charge in [0.1, 0.15) is 5.82 Å². The standard InChI is InChI=1S/C20H26FN5/c1-22-19(25-14-11-20(15-25)9-2-10-20)23-12-7-17-8-13-26(24-17)18-5-3-16(21)4-6-18/h3-6,8,13H,2,7,9-12,14-15H2,1H3,(H,22,23). The molecule has 0 unspecified atom stereocenters. The highest BCUT2D eigenvalue weighted by Crippen LogP contribution is 2.47. The summed E-state index contributed by atoms with van der Waals surface area (Å²) in [6, 6.07) is 8.37. The number of hydrogen-bond donors (Lipinski definition) is 1. The normalized spacial score (nSPS) is 19.0. The number of likely N-dealkylation sites (tertiary alicyclic amines) is 1. The molecule has 1 aromatic heterocycles. The third-order valence-corrected chi connectivity index (χ3v) is 5.76. The van der Waals surface area contributed by atoms with Gasteiger partial charge in [-0.3, -0.25) is 4.99 Å². The number of hydrogen-bond acceptors (Lipinski definition) is 2. The van der Waals surface area contributed by atoms with Crippen LogP contribution in [-0.4, -0.2) is 47.3 Å². The van der Waals surface area contributed by atoms with Crippen LogP contribution in [0.4, 0.5) is 4.39 Å². The van der Waals surface area contributed by atoms with E-state index in [1.807, 2.05) is 19.3 Å². The highest BCUT2D eigenvalue weighted by Gasteiger charge is 2.43. The summed E-state index contributed by atoms with van der Waals surface area (Å²) in [4.78, 5) is 6.86. The SMILES string of the molecule is CN=C(NCCc1ccn(-c2ccc(F)cc2)n1)N1CCC2(CCC2)C1. The Kier molecular flexibility index (Phi) is 4.66. The molecular weight excluding hydrogens is 329 g/mol. The van der Waals surface area contributed by atoms with Crippen molar-refractivity contribution in [1.29, 1.82) is 0 Å². The topological polar surface area (TPSA) is 45.5 Å². The Morgan fingerprint density at radius 1 is 1.23 bits per heavy atom. The number of aromatic nitrogens is 2. The number of benzene rings is 1. The van der Waals surface area contributed by atoms with Gasteiger partial charge >= 0.3 is 0 Å². The summed E-state index contributed by atoms with van der Waals surface area (Å²) in [5.41, 5.74) is 2.45. The molecule has 138 valence electrons. The third kappa shape index (κ3) is 3.45. The molecule has 1 aliphatic carbocycles. The number of aliphatic imine (C=N–C) groups is 1. The van der Waals surface area contributed by atoms with Crippen molar-refractivity contribution in [3.8, 4) is 5.69 Å². The van der Waals surface area contributed by atoms with E-state index in [4.69, 9.17) is 0 Å². The summed E-state index contributed by atoms with van der Waals surface area (Å²) >= 11 is 0. The fourth-order valence-corrected chi connectivity index (χ4v) is 4.07. The summed E-state index contributed by atoms with van der Waals surface area (Å²) in [6.07, 6.45) is 8.18. The molecule has 26 heavy (non-hydrogen) atoms. The Hall–Kier alpha value is -2.37. The first-order valence-corrected chi connectivity index (χ1v) is 9.44. The molecule has 1 spiro atoms. The average molecular weight is 355 g/mol. The van der Waals surface area contributed by atoms with Gasteiger partial charge in [0, 0.05) is 39.3 Å². The van der Waals surface area contributed by atoms with Crippen LogP contribution in [0.2, 0.25) is 0 Å². The van der Waals surface area contributed by atoms with E-state index in [2.05, 4.69) is 20.3 Å². The maximum atomic E-state index is 13.0. The minimum absolute atomic E-state index is 0.234. The van der Waals surface area contributed by atoms with Gasteiger partial charge in [-0.05, 0) is 55.0 Å². The quantitative estimate of drug-likeness (QED) is 0.677. The summed E-state index contributed by atoms with van der Waals surface area (Å²) in [6.45, 7) is 3.06. The lowest BCUT2D eigenvalue weighted by Crippen LogP contribution is -2.43. The van der Waals surface area contributed by atoms with Gasteiger partial charge in [0.05, 0.1) is 11.4 Å². The van der Waals surface area contributed by atoms with Gasteiger partial charge in [-0.15, -0.1) is 0 Å². The molecule has 0 bridgehead atoms. The van der Waals surface area contributed by atoms with Gasteiger partial charge in [-0.2, -0.15) is 5.10 Å². The van der Waals surface area contributed by atoms with Crippen molar-refractivity contribution >= 4 is 5.96 Å². The molecule has 6 heteroatoms. The van der Waals surface area contributed by atoms with Gasteiger partial charge in [-0.25, -0.2) is 9.07 Å². The fourth-order valence-electron chi connectivity index (χ4n) is 4.07. The Labute approximate surface area is 153 Å². The van der Waals surface area contributed by atoms with Gasteiger partial charge in [-0.1, -0.05) is 6.42 Å². The number of nitrogens with zero attached hydrogens (tertiary/aromatic N) is 4. The van der Waals surface area contributed by atoms with Crippen LogP contribution in [0.5, 0.6) is 0 Å². The lowest BCUT2D eigenvalue weighted by atomic mass is 9.68. The second kappa shape index (κ2) is 7.09. The average Bonchev–Trinajstić information content (AvgIpc) is 3.27. The van der Waals surface area contributed by atoms with Crippen molar-refractivity contribution < 1.29 is 4.39 Å². The summed E-state index contributed by atoms with van der Waals surface area (Å²) in [5, 5.41) is 8.06. The van der Waals surface area contributed by atoms with E-state index in [-0.39, 0.29) is 5.82 Å². The van der Waals surface area contributed by atoms with Crippen molar-refractivity contribution in [2.75, 3.05) is 26.7 Å². The van der Waals surface area contributed by atoms with Crippen LogP contribution >= 0.6 is 0 Å². The second-order valence-corrected chi connectivity index (χ2v) is 7.48. The molecule has 1 aliphatic heterocycles. The highest BCUT2D eigenvalue weighted by atomic mass is 19.1. The van der Waals surface area contributed by atoms with Crippen molar-refractivity contribution in [2.45, 2.75) is 32.1 Å². The van der Waals surface area contributed by atoms with E-state index in [0.29, 0.717) is 5.41 Å². The molecule has 2 aliphatic rings. The lowest BCUT2D eigenvalue weighted by molar-refractivity contribution is 0.151. The van der Waals surface area contributed by atoms with Crippen molar-refractivity contribution in [3.05, 3.63) is 48.0 Å². The minimum Gasteiger partial charge on any atom is -0.356 e. The van der Waals surface area contributed by atoms with Crippen molar-refractivity contribution in [2.24, 2.45) is 10.4 Å². The molecule has 5 nitrogen and oxygen atoms in total. The molecule has 1 saturated carbocycles. The smallest absolute Gasteiger partial charge is 0.193 e. The molecule has 2 fully saturated rings. The highest BCUT2D eigenvalue weighted by molar-refractivity contribution is 5.80. The van der Waals surface area contributed by atoms with E-state index in [1.165, 1.54) is 37.8 Å². The maximum absolute atomic E-state index is 13.0. The molecule has 1 saturated heterocycles. The largest absolute Gasteiger partial charge is 0.356 e. The molecule has 1 N–H and O–H groups in total. The van der Waals surface area contributed by atoms with Gasteiger partial charge in [0.25, 0.3) is 0 Å². The third-order valence-electron chi connectivity index (χ3n) is 5.76. The summed E-state index contributed by atoms with van der Waals surface area (Å²) in [5.74, 6) is 0.772. The van der Waals surface area contributed by atoms with Crippen LogP contribution in [0.3, 0.4) is 0 Å². The molecular formula is C20H26FN5. The molecule has 2 heterocycles. The molecule has 2 aromatic rings. The fraction of sp³-hybridized carbons (Fsp3) is 0.500. The van der Waals surface area contributed by atoms with Crippen LogP contribution in [0.15, 0.2) is 41.5 Å². The lowest BCUT2D eigenvalue weighted by Gasteiger charge is -2.38. The maximum Gasteiger partial charge on any atom is 0.193 e. The monoisotopic (exact) mass is 355 g/mol. The number of nitrogens with one attached hydrogen (secondary N) is 1. The van der Waals surface area contributed by atoms with Gasteiger partial charge < -0.3 is 10.2 Å². The summed E-state index contributed by atoms with van der Waals surface area (Å²) < 4.78 is 14.8. The number of rotatable bonds is 4. The zero-order valence-electron chi connectivity index (χ0n) is 15.3. The van der Waals surface area contributed by atoms with Crippen LogP contribution in [0.25, 0.3) is 5.69 Å². The van der Waals surface area contributed by atoms with E-state index < -0.39 is 0 Å². The Bertz CT molecular complexity index is 776. The molecule has 0 atom stereocenters. The van der Waals surface area contributed by atoms with E-state index >= 15 is 0 Å². The summed E-state index contributed by atoms with van der Waals surface area (Å²) in [7, 11) is 1.86. The van der Waals surface area contributed by atoms with Gasteiger partial charge in [0.15, 0.2) is 5.96 Å². The van der Waals surface area contributed by atoms with Gasteiger partial charge in [0.2, 0.25) is 0 Å². The predicted molar refractivity (Wildman–Crippen MR) is 101 cm³/mol. The van der Waals surface area contributed by atoms with Crippen molar-refractivity contribution in [3.63, 3.8) is 0 Å². The number of halogens is 1. The first kappa shape index (κ1) is 17.1. The first-order chi connectivity index (χ1) is 12.7. The van der Waals surface area contributed by atoms with E-state index in [0.717, 1.165) is 43.4 Å². The van der Waals surface area contributed by atoms with E-state index in [1.54, 1.807) is 16.8 Å². The van der Waals surface area contributed by atoms with E-state index in [9.17, 15) is 4.39 Å². The van der Waals surface area contributed by atoms with Crippen LogP contribution in [-0.2, 0) is 6.42 Å².